The summed E-state index contributed by atoms with van der Waals surface area (Å²) in [7, 11) is 0. The summed E-state index contributed by atoms with van der Waals surface area (Å²) >= 11 is 0. The molecule has 1 aliphatic heterocycles. The Kier molecular flexibility index (Phi) is 10.4. The number of nitrogens with two attached hydrogens (primary N) is 1. The molecule has 0 saturated carbocycles. The molecule has 2 aromatic rings. The highest BCUT2D eigenvalue weighted by molar-refractivity contribution is 6.03. The minimum Gasteiger partial charge on any atom is -0.390 e. The van der Waals surface area contributed by atoms with E-state index >= 15 is 0 Å². The van der Waals surface area contributed by atoms with Crippen LogP contribution < -0.4 is 16.4 Å². The van der Waals surface area contributed by atoms with Crippen molar-refractivity contribution in [1.29, 1.82) is 0 Å². The van der Waals surface area contributed by atoms with Crippen molar-refractivity contribution in [2.75, 3.05) is 19.6 Å². The van der Waals surface area contributed by atoms with Crippen LogP contribution in [-0.2, 0) is 20.8 Å². The van der Waals surface area contributed by atoms with Gasteiger partial charge in [0.1, 0.15) is 6.04 Å². The maximum atomic E-state index is 13.4. The summed E-state index contributed by atoms with van der Waals surface area (Å²) in [5.41, 5.74) is 6.30. The van der Waals surface area contributed by atoms with E-state index in [-0.39, 0.29) is 37.8 Å². The fourth-order valence-electron chi connectivity index (χ4n) is 4.07. The first kappa shape index (κ1) is 27.7. The average Bonchev–Trinajstić information content (AvgIpc) is 3.36. The van der Waals surface area contributed by atoms with E-state index in [0.29, 0.717) is 13.0 Å². The molecule has 1 saturated heterocycles. The standard InChI is InChI=1S/C25H34N4O4.ClH/c1-16(2)24(32)29(25(33)21-8-5-11-27-21)22(23(31)28-15-20(30)14-26)13-17-9-10-18-6-3-4-7-19(18)12-17;/h3-4,6-7,9-10,12,16,20-22,27,30H,5,8,11,13-15,26H2,1-2H3,(H,28,31);1H/t20?,21-,22+;/m0./s1. The van der Waals surface area contributed by atoms with Crippen LogP contribution in [0.15, 0.2) is 42.5 Å². The highest BCUT2D eigenvalue weighted by Gasteiger charge is 2.39. The van der Waals surface area contributed by atoms with Crippen LogP contribution in [0.5, 0.6) is 0 Å². The molecule has 0 bridgehead atoms. The van der Waals surface area contributed by atoms with E-state index in [1.807, 2.05) is 42.5 Å². The number of nitrogens with one attached hydrogen (secondary N) is 2. The van der Waals surface area contributed by atoms with Gasteiger partial charge < -0.3 is 21.5 Å². The Balaban J connectivity index is 0.00000408. The number of carbonyl (C=O) groups is 3. The molecule has 3 rings (SSSR count). The maximum Gasteiger partial charge on any atom is 0.247 e. The van der Waals surface area contributed by atoms with Crippen LogP contribution >= 0.6 is 12.4 Å². The van der Waals surface area contributed by atoms with Crippen molar-refractivity contribution in [2.45, 2.75) is 51.3 Å². The predicted octanol–water partition coefficient (Wildman–Crippen LogP) is 1.37. The number of rotatable bonds is 9. The van der Waals surface area contributed by atoms with Crippen molar-refractivity contribution < 1.29 is 19.5 Å². The summed E-state index contributed by atoms with van der Waals surface area (Å²) in [4.78, 5) is 41.1. The van der Waals surface area contributed by atoms with Crippen LogP contribution in [0.4, 0.5) is 0 Å². The summed E-state index contributed by atoms with van der Waals surface area (Å²) in [5, 5.41) is 17.7. The summed E-state index contributed by atoms with van der Waals surface area (Å²) < 4.78 is 0. The van der Waals surface area contributed by atoms with Gasteiger partial charge in [-0.05, 0) is 35.7 Å². The zero-order chi connectivity index (χ0) is 24.0. The molecule has 0 spiro atoms. The highest BCUT2D eigenvalue weighted by atomic mass is 35.5. The summed E-state index contributed by atoms with van der Waals surface area (Å²) in [5.74, 6) is -1.73. The molecule has 0 aliphatic carbocycles. The van der Waals surface area contributed by atoms with Crippen molar-refractivity contribution in [3.05, 3.63) is 48.0 Å². The molecular formula is C25H35ClN4O4. The third kappa shape index (κ3) is 6.76. The molecule has 3 atom stereocenters. The lowest BCUT2D eigenvalue weighted by molar-refractivity contribution is -0.155. The van der Waals surface area contributed by atoms with Crippen LogP contribution in [0.2, 0.25) is 0 Å². The third-order valence-corrected chi connectivity index (χ3v) is 5.97. The Morgan fingerprint density at radius 3 is 2.50 bits per heavy atom. The average molecular weight is 491 g/mol. The monoisotopic (exact) mass is 490 g/mol. The molecule has 1 fully saturated rings. The molecule has 1 heterocycles. The SMILES string of the molecule is CC(C)C(=O)N(C(=O)[C@@H]1CCCN1)[C@H](Cc1ccc2ccccc2c1)C(=O)NCC(O)CN.Cl. The van der Waals surface area contributed by atoms with E-state index in [1.165, 1.54) is 0 Å². The molecule has 5 N–H and O–H groups in total. The van der Waals surface area contributed by atoms with Crippen molar-refractivity contribution >= 4 is 40.9 Å². The Morgan fingerprint density at radius 2 is 1.88 bits per heavy atom. The van der Waals surface area contributed by atoms with Crippen LogP contribution in [0.25, 0.3) is 10.8 Å². The van der Waals surface area contributed by atoms with Gasteiger partial charge in [-0.3, -0.25) is 19.3 Å². The summed E-state index contributed by atoms with van der Waals surface area (Å²) in [6.07, 6.45) is 0.727. The molecule has 8 nitrogen and oxygen atoms in total. The smallest absolute Gasteiger partial charge is 0.247 e. The largest absolute Gasteiger partial charge is 0.390 e. The van der Waals surface area contributed by atoms with Crippen LogP contribution in [0.3, 0.4) is 0 Å². The Labute approximate surface area is 206 Å². The van der Waals surface area contributed by atoms with Gasteiger partial charge in [0.05, 0.1) is 12.1 Å². The van der Waals surface area contributed by atoms with Gasteiger partial charge in [-0.2, -0.15) is 0 Å². The number of benzene rings is 2. The van der Waals surface area contributed by atoms with Gasteiger partial charge in [0, 0.05) is 25.4 Å². The third-order valence-electron chi connectivity index (χ3n) is 5.97. The topological polar surface area (TPSA) is 125 Å². The molecule has 1 unspecified atom stereocenters. The van der Waals surface area contributed by atoms with Gasteiger partial charge in [-0.15, -0.1) is 12.4 Å². The Hall–Kier alpha value is -2.52. The normalized spacial score (nSPS) is 17.1. The van der Waals surface area contributed by atoms with Gasteiger partial charge >= 0.3 is 0 Å². The van der Waals surface area contributed by atoms with E-state index in [0.717, 1.165) is 27.7 Å². The number of hydrogen-bond acceptors (Lipinski definition) is 6. The molecule has 34 heavy (non-hydrogen) atoms. The second kappa shape index (κ2) is 12.8. The second-order valence-electron chi connectivity index (χ2n) is 8.89. The van der Waals surface area contributed by atoms with Gasteiger partial charge in [0.25, 0.3) is 0 Å². The summed E-state index contributed by atoms with van der Waals surface area (Å²) in [6, 6.07) is 12.2. The predicted molar refractivity (Wildman–Crippen MR) is 134 cm³/mol. The first-order chi connectivity index (χ1) is 15.8. The van der Waals surface area contributed by atoms with Crippen molar-refractivity contribution in [3.8, 4) is 0 Å². The number of nitrogens with zero attached hydrogens (tertiary/aromatic N) is 1. The number of halogens is 1. The van der Waals surface area contributed by atoms with E-state index in [1.54, 1.807) is 13.8 Å². The lowest BCUT2D eigenvalue weighted by Crippen LogP contribution is -2.58. The quantitative estimate of drug-likeness (QED) is 0.421. The molecule has 1 aliphatic rings. The molecule has 3 amide bonds. The molecule has 2 aromatic carbocycles. The van der Waals surface area contributed by atoms with E-state index in [9.17, 15) is 19.5 Å². The lowest BCUT2D eigenvalue weighted by Gasteiger charge is -2.33. The van der Waals surface area contributed by atoms with Gasteiger partial charge in [-0.25, -0.2) is 0 Å². The summed E-state index contributed by atoms with van der Waals surface area (Å²) in [6.45, 7) is 4.07. The fraction of sp³-hybridized carbons (Fsp3) is 0.480. The second-order valence-corrected chi connectivity index (χ2v) is 8.89. The molecule has 0 radical (unpaired) electrons. The number of carbonyl (C=O) groups excluding carboxylic acids is 3. The van der Waals surface area contributed by atoms with Crippen LogP contribution in [0.1, 0.15) is 32.3 Å². The van der Waals surface area contributed by atoms with E-state index < -0.39 is 35.9 Å². The molecular weight excluding hydrogens is 456 g/mol. The van der Waals surface area contributed by atoms with Gasteiger partial charge in [0.2, 0.25) is 17.7 Å². The molecule has 186 valence electrons. The fourth-order valence-corrected chi connectivity index (χ4v) is 4.07. The Morgan fingerprint density at radius 1 is 1.18 bits per heavy atom. The number of hydrogen-bond donors (Lipinski definition) is 4. The number of amides is 3. The molecule has 9 heteroatoms. The number of fused-ring (bicyclic) bond motifs is 1. The zero-order valence-corrected chi connectivity index (χ0v) is 20.5. The Bertz CT molecular complexity index is 994. The van der Waals surface area contributed by atoms with Crippen LogP contribution in [0, 0.1) is 5.92 Å². The van der Waals surface area contributed by atoms with Crippen molar-refractivity contribution in [1.82, 2.24) is 15.5 Å². The highest BCUT2D eigenvalue weighted by Crippen LogP contribution is 2.21. The minimum atomic E-state index is -1.04. The maximum absolute atomic E-state index is 13.4. The first-order valence-corrected chi connectivity index (χ1v) is 11.6. The first-order valence-electron chi connectivity index (χ1n) is 11.6. The van der Waals surface area contributed by atoms with E-state index in [2.05, 4.69) is 10.6 Å². The minimum absolute atomic E-state index is 0. The van der Waals surface area contributed by atoms with E-state index in [4.69, 9.17) is 5.73 Å². The van der Waals surface area contributed by atoms with Crippen molar-refractivity contribution in [3.63, 3.8) is 0 Å². The molecule has 0 aromatic heterocycles. The van der Waals surface area contributed by atoms with Crippen molar-refractivity contribution in [2.24, 2.45) is 11.7 Å². The zero-order valence-electron chi connectivity index (χ0n) is 19.7. The lowest BCUT2D eigenvalue weighted by atomic mass is 9.98. The number of aliphatic hydroxyl groups is 1. The number of imide groups is 1. The number of aliphatic hydroxyl groups excluding tert-OH is 1. The van der Waals surface area contributed by atoms with Crippen LogP contribution in [-0.4, -0.2) is 65.5 Å². The van der Waals surface area contributed by atoms with Gasteiger partial charge in [0.15, 0.2) is 0 Å². The van der Waals surface area contributed by atoms with Gasteiger partial charge in [-0.1, -0.05) is 56.3 Å².